The van der Waals surface area contributed by atoms with Crippen molar-refractivity contribution in [1.29, 1.82) is 0 Å². The Kier molecular flexibility index (Phi) is 6.94. The van der Waals surface area contributed by atoms with E-state index in [9.17, 15) is 26.4 Å². The van der Waals surface area contributed by atoms with Crippen molar-refractivity contribution in [2.45, 2.75) is 31.1 Å². The number of alkyl halides is 3. The van der Waals surface area contributed by atoms with E-state index in [0.717, 1.165) is 24.3 Å². The van der Waals surface area contributed by atoms with Gasteiger partial charge >= 0.3 is 6.36 Å². The van der Waals surface area contributed by atoms with Crippen LogP contribution in [0.3, 0.4) is 0 Å². The van der Waals surface area contributed by atoms with Crippen LogP contribution >= 0.6 is 0 Å². The number of benzene rings is 1. The van der Waals surface area contributed by atoms with E-state index in [1.165, 1.54) is 4.31 Å². The summed E-state index contributed by atoms with van der Waals surface area (Å²) in [4.78, 5) is 15.6. The highest BCUT2D eigenvalue weighted by Crippen LogP contribution is 2.25. The predicted molar refractivity (Wildman–Crippen MR) is 96.2 cm³/mol. The molecule has 1 fully saturated rings. The lowest BCUT2D eigenvalue weighted by atomic mass is 10.3. The van der Waals surface area contributed by atoms with Gasteiger partial charge in [0, 0.05) is 39.3 Å². The molecule has 0 bridgehead atoms. The van der Waals surface area contributed by atoms with Gasteiger partial charge in [-0.15, -0.1) is 13.2 Å². The molecule has 0 radical (unpaired) electrons. The van der Waals surface area contributed by atoms with Crippen molar-refractivity contribution >= 4 is 15.9 Å². The number of hydrogen-bond donors (Lipinski definition) is 0. The van der Waals surface area contributed by atoms with Gasteiger partial charge in [0.25, 0.3) is 0 Å². The van der Waals surface area contributed by atoms with E-state index >= 15 is 0 Å². The lowest BCUT2D eigenvalue weighted by Gasteiger charge is -2.34. The molecule has 1 aromatic rings. The average Bonchev–Trinajstić information content (AvgIpc) is 2.60. The number of rotatable bonds is 6. The van der Waals surface area contributed by atoms with Crippen LogP contribution in [0.4, 0.5) is 13.2 Å². The molecular weight excluding hydrogens is 399 g/mol. The van der Waals surface area contributed by atoms with Crippen molar-refractivity contribution < 1.29 is 31.1 Å². The monoisotopic (exact) mass is 423 g/mol. The Morgan fingerprint density at radius 1 is 1.14 bits per heavy atom. The molecule has 11 heteroatoms. The maximum atomic E-state index is 12.7. The lowest BCUT2D eigenvalue weighted by Crippen LogP contribution is -2.51. The van der Waals surface area contributed by atoms with E-state index in [1.807, 2.05) is 18.7 Å². The van der Waals surface area contributed by atoms with Crippen molar-refractivity contribution in [2.75, 3.05) is 39.8 Å². The summed E-state index contributed by atoms with van der Waals surface area (Å²) in [5, 5.41) is 0. The third kappa shape index (κ3) is 5.82. The Labute approximate surface area is 162 Å². The minimum atomic E-state index is -4.84. The molecule has 158 valence electrons. The molecule has 7 nitrogen and oxygen atoms in total. The second-order valence-corrected chi connectivity index (χ2v) is 8.74. The summed E-state index contributed by atoms with van der Waals surface area (Å²) in [6.45, 7) is 5.22. The second-order valence-electron chi connectivity index (χ2n) is 6.80. The average molecular weight is 423 g/mol. The fourth-order valence-corrected chi connectivity index (χ4v) is 4.10. The van der Waals surface area contributed by atoms with Crippen molar-refractivity contribution in [1.82, 2.24) is 14.1 Å². The number of nitrogens with zero attached hydrogens (tertiary/aromatic N) is 3. The Bertz CT molecular complexity index is 774. The number of piperazine rings is 1. The zero-order valence-electron chi connectivity index (χ0n) is 15.9. The molecule has 1 amide bonds. The molecule has 0 aliphatic carbocycles. The smallest absolute Gasteiger partial charge is 0.406 e. The van der Waals surface area contributed by atoms with Crippen molar-refractivity contribution in [3.8, 4) is 5.75 Å². The summed E-state index contributed by atoms with van der Waals surface area (Å²) < 4.78 is 67.0. The number of amides is 1. The first-order valence-electron chi connectivity index (χ1n) is 8.74. The number of carbonyl (C=O) groups is 1. The third-order valence-electron chi connectivity index (χ3n) is 4.55. The number of halogens is 3. The minimum absolute atomic E-state index is 0.0356. The van der Waals surface area contributed by atoms with E-state index < -0.39 is 22.1 Å². The van der Waals surface area contributed by atoms with Crippen LogP contribution in [0.2, 0.25) is 0 Å². The highest BCUT2D eigenvalue weighted by atomic mass is 32.2. The van der Waals surface area contributed by atoms with E-state index in [0.29, 0.717) is 13.1 Å². The number of hydrogen-bond acceptors (Lipinski definition) is 5. The van der Waals surface area contributed by atoms with E-state index in [2.05, 4.69) is 4.74 Å². The number of likely N-dealkylation sites (N-methyl/N-ethyl adjacent to an activating group) is 1. The van der Waals surface area contributed by atoms with Crippen LogP contribution < -0.4 is 4.74 Å². The standard InChI is InChI=1S/C17H24F3N3O4S/c1-13(2)21(3)16(24)12-22-8-10-23(11-9-22)28(25,26)15-6-4-14(5-7-15)27-17(18,19)20/h4-7,13H,8-12H2,1-3H3. The van der Waals surface area contributed by atoms with E-state index in [-0.39, 0.29) is 36.5 Å². The third-order valence-corrected chi connectivity index (χ3v) is 6.47. The number of carbonyl (C=O) groups excluding carboxylic acids is 1. The molecule has 1 aliphatic heterocycles. The van der Waals surface area contributed by atoms with Gasteiger partial charge in [-0.2, -0.15) is 4.31 Å². The zero-order valence-corrected chi connectivity index (χ0v) is 16.8. The summed E-state index contributed by atoms with van der Waals surface area (Å²) in [6, 6.07) is 4.19. The molecule has 0 saturated carbocycles. The van der Waals surface area contributed by atoms with Crippen molar-refractivity contribution in [3.63, 3.8) is 0 Å². The van der Waals surface area contributed by atoms with Crippen molar-refractivity contribution in [3.05, 3.63) is 24.3 Å². The van der Waals surface area contributed by atoms with Gasteiger partial charge in [-0.3, -0.25) is 9.69 Å². The highest BCUT2D eigenvalue weighted by molar-refractivity contribution is 7.89. The second kappa shape index (κ2) is 8.66. The lowest BCUT2D eigenvalue weighted by molar-refractivity contribution is -0.274. The first kappa shape index (κ1) is 22.4. The van der Waals surface area contributed by atoms with E-state index in [4.69, 9.17) is 0 Å². The molecule has 0 aromatic heterocycles. The van der Waals surface area contributed by atoms with Gasteiger partial charge in [0.1, 0.15) is 5.75 Å². The van der Waals surface area contributed by atoms with Crippen LogP contribution in [0, 0.1) is 0 Å². The number of sulfonamides is 1. The Balaban J connectivity index is 1.96. The Hall–Kier alpha value is -1.85. The molecular formula is C17H24F3N3O4S. The molecule has 28 heavy (non-hydrogen) atoms. The minimum Gasteiger partial charge on any atom is -0.406 e. The largest absolute Gasteiger partial charge is 0.573 e. The topological polar surface area (TPSA) is 70.2 Å². The van der Waals surface area contributed by atoms with Crippen LogP contribution in [0.5, 0.6) is 5.75 Å². The highest BCUT2D eigenvalue weighted by Gasteiger charge is 2.32. The van der Waals surface area contributed by atoms with Gasteiger partial charge < -0.3 is 9.64 Å². The van der Waals surface area contributed by atoms with Gasteiger partial charge in [-0.25, -0.2) is 8.42 Å². The normalized spacial score (nSPS) is 17.0. The van der Waals surface area contributed by atoms with Crippen LogP contribution in [-0.2, 0) is 14.8 Å². The maximum Gasteiger partial charge on any atom is 0.573 e. The Morgan fingerprint density at radius 3 is 2.14 bits per heavy atom. The van der Waals surface area contributed by atoms with Crippen LogP contribution in [-0.4, -0.2) is 80.6 Å². The fraction of sp³-hybridized carbons (Fsp3) is 0.588. The van der Waals surface area contributed by atoms with Gasteiger partial charge in [0.2, 0.25) is 15.9 Å². The molecule has 0 N–H and O–H groups in total. The van der Waals surface area contributed by atoms with Gasteiger partial charge in [0.05, 0.1) is 11.4 Å². The van der Waals surface area contributed by atoms with Gasteiger partial charge in [-0.05, 0) is 38.1 Å². The SMILES string of the molecule is CC(C)N(C)C(=O)CN1CCN(S(=O)(=O)c2ccc(OC(F)(F)F)cc2)CC1. The molecule has 1 aromatic carbocycles. The maximum absolute atomic E-state index is 12.7. The molecule has 0 spiro atoms. The quantitative estimate of drug-likeness (QED) is 0.698. The van der Waals surface area contributed by atoms with Crippen LogP contribution in [0.15, 0.2) is 29.2 Å². The molecule has 2 rings (SSSR count). The molecule has 1 saturated heterocycles. The summed E-state index contributed by atoms with van der Waals surface area (Å²) in [6.07, 6.45) is -4.84. The molecule has 1 heterocycles. The van der Waals surface area contributed by atoms with Crippen LogP contribution in [0.25, 0.3) is 0 Å². The molecule has 0 atom stereocenters. The zero-order chi connectivity index (χ0) is 21.1. The first-order valence-corrected chi connectivity index (χ1v) is 10.2. The summed E-state index contributed by atoms with van der Waals surface area (Å²) >= 11 is 0. The number of ether oxygens (including phenoxy) is 1. The van der Waals surface area contributed by atoms with Crippen molar-refractivity contribution in [2.24, 2.45) is 0 Å². The summed E-state index contributed by atoms with van der Waals surface area (Å²) in [7, 11) is -2.11. The summed E-state index contributed by atoms with van der Waals surface area (Å²) in [5.74, 6) is -0.518. The van der Waals surface area contributed by atoms with Crippen LogP contribution in [0.1, 0.15) is 13.8 Å². The predicted octanol–water partition coefficient (Wildman–Crippen LogP) is 1.76. The van der Waals surface area contributed by atoms with E-state index in [1.54, 1.807) is 11.9 Å². The fourth-order valence-electron chi connectivity index (χ4n) is 2.68. The van der Waals surface area contributed by atoms with Gasteiger partial charge in [-0.1, -0.05) is 0 Å². The Morgan fingerprint density at radius 2 is 1.68 bits per heavy atom. The first-order chi connectivity index (χ1) is 12.9. The van der Waals surface area contributed by atoms with Gasteiger partial charge in [0.15, 0.2) is 0 Å². The molecule has 0 unspecified atom stereocenters. The molecule has 1 aliphatic rings. The summed E-state index contributed by atoms with van der Waals surface area (Å²) in [5.41, 5.74) is 0.